The number of hydrogen-bond acceptors (Lipinski definition) is 0. The van der Waals surface area contributed by atoms with Crippen molar-refractivity contribution >= 4 is 0 Å². The maximum absolute atomic E-state index is 2.55. The molecular weight excluding hydrogens is 338 g/mol. The number of pyridine rings is 1. The lowest BCUT2D eigenvalue weighted by atomic mass is 9.96. The fraction of sp³-hybridized carbons (Fsp3) is 0.370. The highest BCUT2D eigenvalue weighted by Crippen LogP contribution is 2.25. The van der Waals surface area contributed by atoms with Crippen LogP contribution in [0.1, 0.15) is 61.3 Å². The first-order valence-electron chi connectivity index (χ1n) is 10.8. The summed E-state index contributed by atoms with van der Waals surface area (Å²) in [7, 11) is 0. The van der Waals surface area contributed by atoms with E-state index in [9.17, 15) is 0 Å². The molecule has 0 radical (unpaired) electrons. The lowest BCUT2D eigenvalue weighted by Gasteiger charge is -2.16. The highest BCUT2D eigenvalue weighted by atomic mass is 15.0. The average Bonchev–Trinajstić information content (AvgIpc) is 2.72. The highest BCUT2D eigenvalue weighted by Gasteiger charge is 2.25. The second-order valence-electron chi connectivity index (χ2n) is 7.77. The molecule has 0 unspecified atom stereocenters. The molecule has 0 fully saturated rings. The third-order valence-electron chi connectivity index (χ3n) is 5.73. The predicted molar refractivity (Wildman–Crippen MR) is 120 cm³/mol. The zero-order valence-corrected chi connectivity index (χ0v) is 18.4. The van der Waals surface area contributed by atoms with E-state index in [1.54, 1.807) is 0 Å². The summed E-state index contributed by atoms with van der Waals surface area (Å²) in [6.07, 6.45) is 4.16. The van der Waals surface area contributed by atoms with Crippen LogP contribution in [0.3, 0.4) is 0 Å². The summed E-state index contributed by atoms with van der Waals surface area (Å²) in [5.74, 6) is 0. The fourth-order valence-corrected chi connectivity index (χ4v) is 4.19. The van der Waals surface area contributed by atoms with Gasteiger partial charge in [0.15, 0.2) is 11.4 Å². The van der Waals surface area contributed by atoms with Crippen molar-refractivity contribution < 1.29 is 4.57 Å². The third kappa shape index (κ3) is 3.90. The first kappa shape index (κ1) is 20.3. The zero-order valence-electron chi connectivity index (χ0n) is 18.4. The lowest BCUT2D eigenvalue weighted by Crippen LogP contribution is -2.42. The molecule has 2 aromatic carbocycles. The van der Waals surface area contributed by atoms with Crippen molar-refractivity contribution in [2.75, 3.05) is 0 Å². The van der Waals surface area contributed by atoms with E-state index in [4.69, 9.17) is 0 Å². The number of aromatic nitrogens is 1. The van der Waals surface area contributed by atoms with Gasteiger partial charge in [-0.15, -0.1) is 0 Å². The van der Waals surface area contributed by atoms with Crippen molar-refractivity contribution in [1.29, 1.82) is 0 Å². The van der Waals surface area contributed by atoms with Crippen molar-refractivity contribution in [2.45, 2.75) is 67.2 Å². The van der Waals surface area contributed by atoms with Crippen LogP contribution in [0.2, 0.25) is 0 Å². The molecule has 146 valence electrons. The predicted octanol–water partition coefficient (Wildman–Crippen LogP) is 6.50. The molecule has 1 heteroatoms. The van der Waals surface area contributed by atoms with Gasteiger partial charge in [0.25, 0.3) is 0 Å². The van der Waals surface area contributed by atoms with Crippen LogP contribution >= 0.6 is 0 Å². The van der Waals surface area contributed by atoms with Gasteiger partial charge in [-0.05, 0) is 49.9 Å². The van der Waals surface area contributed by atoms with Crippen LogP contribution in [0.5, 0.6) is 0 Å². The van der Waals surface area contributed by atoms with Crippen LogP contribution in [0.15, 0.2) is 48.5 Å². The maximum Gasteiger partial charge on any atom is 0.217 e. The summed E-state index contributed by atoms with van der Waals surface area (Å²) in [5, 5.41) is 0. The summed E-state index contributed by atoms with van der Waals surface area (Å²) < 4.78 is 2.55. The molecule has 0 saturated carbocycles. The molecule has 1 nitrogen and oxygen atoms in total. The Balaban J connectivity index is 2.29. The molecule has 0 saturated heterocycles. The van der Waals surface area contributed by atoms with E-state index in [2.05, 4.69) is 94.6 Å². The van der Waals surface area contributed by atoms with Crippen molar-refractivity contribution in [3.8, 4) is 16.8 Å². The molecule has 0 atom stereocenters. The fourth-order valence-electron chi connectivity index (χ4n) is 4.19. The first-order chi connectivity index (χ1) is 13.5. The SMILES string of the molecule is CCc1cc(C)cc(CC)c1-[n+]1c(CC)cc(-c2ccc(C)cc2)cc1CC. The Labute approximate surface area is 171 Å². The van der Waals surface area contributed by atoms with Gasteiger partial charge in [0, 0.05) is 36.1 Å². The van der Waals surface area contributed by atoms with Crippen LogP contribution in [-0.2, 0) is 25.7 Å². The molecule has 0 amide bonds. The molecule has 1 aromatic heterocycles. The van der Waals surface area contributed by atoms with E-state index < -0.39 is 0 Å². The summed E-state index contributed by atoms with van der Waals surface area (Å²) in [5.41, 5.74) is 12.4. The Hall–Kier alpha value is -2.41. The van der Waals surface area contributed by atoms with Gasteiger partial charge in [-0.25, -0.2) is 0 Å². The molecule has 0 spiro atoms. The summed E-state index contributed by atoms with van der Waals surface area (Å²) in [4.78, 5) is 0. The zero-order chi connectivity index (χ0) is 20.3. The normalized spacial score (nSPS) is 11.1. The van der Waals surface area contributed by atoms with Gasteiger partial charge in [-0.2, -0.15) is 4.57 Å². The molecule has 3 aromatic rings. The monoisotopic (exact) mass is 372 g/mol. The lowest BCUT2D eigenvalue weighted by molar-refractivity contribution is -0.613. The minimum absolute atomic E-state index is 1.02. The Bertz CT molecular complexity index is 914. The molecule has 1 heterocycles. The van der Waals surface area contributed by atoms with Crippen LogP contribution in [0.25, 0.3) is 16.8 Å². The Kier molecular flexibility index (Phi) is 6.34. The van der Waals surface area contributed by atoms with Crippen LogP contribution in [-0.4, -0.2) is 0 Å². The molecule has 28 heavy (non-hydrogen) atoms. The van der Waals surface area contributed by atoms with E-state index in [-0.39, 0.29) is 0 Å². The number of rotatable bonds is 6. The van der Waals surface area contributed by atoms with Crippen LogP contribution in [0.4, 0.5) is 0 Å². The maximum atomic E-state index is 2.55. The topological polar surface area (TPSA) is 3.88 Å². The van der Waals surface area contributed by atoms with Gasteiger partial charge < -0.3 is 0 Å². The van der Waals surface area contributed by atoms with Gasteiger partial charge in [-0.3, -0.25) is 0 Å². The van der Waals surface area contributed by atoms with Gasteiger partial charge >= 0.3 is 0 Å². The van der Waals surface area contributed by atoms with Crippen molar-refractivity contribution in [3.63, 3.8) is 0 Å². The second-order valence-corrected chi connectivity index (χ2v) is 7.77. The quantitative estimate of drug-likeness (QED) is 0.435. The van der Waals surface area contributed by atoms with Crippen LogP contribution < -0.4 is 4.57 Å². The Morgan fingerprint density at radius 3 is 1.50 bits per heavy atom. The smallest absolute Gasteiger partial charge is 0.161 e. The molecule has 0 aliphatic carbocycles. The molecular formula is C27H34N+. The van der Waals surface area contributed by atoms with E-state index in [1.807, 2.05) is 0 Å². The minimum atomic E-state index is 1.02. The van der Waals surface area contributed by atoms with Crippen LogP contribution in [0, 0.1) is 13.8 Å². The summed E-state index contributed by atoms with van der Waals surface area (Å²) in [6, 6.07) is 18.4. The van der Waals surface area contributed by atoms with Gasteiger partial charge in [-0.1, -0.05) is 63.1 Å². The summed E-state index contributed by atoms with van der Waals surface area (Å²) in [6.45, 7) is 13.5. The molecule has 0 aliphatic rings. The molecule has 0 aliphatic heterocycles. The molecule has 0 N–H and O–H groups in total. The highest BCUT2D eigenvalue weighted by molar-refractivity contribution is 5.64. The standard InChI is InChI=1S/C27H34N/c1-7-21-15-20(6)16-22(8-2)27(21)28-25(9-3)17-24(18-26(28)10-4)23-13-11-19(5)12-14-23/h11-18H,7-10H2,1-6H3/q+1. The summed E-state index contributed by atoms with van der Waals surface area (Å²) >= 11 is 0. The first-order valence-corrected chi connectivity index (χ1v) is 10.8. The van der Waals surface area contributed by atoms with Crippen molar-refractivity contribution in [1.82, 2.24) is 0 Å². The second kappa shape index (κ2) is 8.73. The van der Waals surface area contributed by atoms with E-state index in [0.29, 0.717) is 0 Å². The van der Waals surface area contributed by atoms with Crippen molar-refractivity contribution in [2.24, 2.45) is 0 Å². The number of benzene rings is 2. The third-order valence-corrected chi connectivity index (χ3v) is 5.73. The average molecular weight is 373 g/mol. The van der Waals surface area contributed by atoms with Gasteiger partial charge in [0.2, 0.25) is 5.69 Å². The van der Waals surface area contributed by atoms with E-state index in [0.717, 1.165) is 25.7 Å². The Morgan fingerprint density at radius 2 is 1.07 bits per heavy atom. The van der Waals surface area contributed by atoms with Gasteiger partial charge in [0.05, 0.1) is 0 Å². The molecule has 3 rings (SSSR count). The number of hydrogen-bond donors (Lipinski definition) is 0. The van der Waals surface area contributed by atoms with E-state index in [1.165, 1.54) is 50.5 Å². The van der Waals surface area contributed by atoms with E-state index >= 15 is 0 Å². The Morgan fingerprint density at radius 1 is 0.571 bits per heavy atom. The molecule has 0 bridgehead atoms. The largest absolute Gasteiger partial charge is 0.217 e. The number of nitrogens with zero attached hydrogens (tertiary/aromatic N) is 1. The number of aryl methyl sites for hydroxylation is 6. The minimum Gasteiger partial charge on any atom is -0.161 e. The van der Waals surface area contributed by atoms with Gasteiger partial charge in [0.1, 0.15) is 0 Å². The van der Waals surface area contributed by atoms with Crippen molar-refractivity contribution in [3.05, 3.63) is 82.2 Å².